The van der Waals surface area contributed by atoms with Crippen LogP contribution in [0.25, 0.3) is 0 Å². The molecule has 0 aliphatic carbocycles. The molecule has 18 heavy (non-hydrogen) atoms. The number of pyridine rings is 1. The molecule has 0 saturated carbocycles. The van der Waals surface area contributed by atoms with Gasteiger partial charge in [-0.15, -0.1) is 0 Å². The molecule has 2 aromatic rings. The summed E-state index contributed by atoms with van der Waals surface area (Å²) in [4.78, 5) is 16.1. The van der Waals surface area contributed by atoms with Crippen LogP contribution in [0.4, 0.5) is 0 Å². The number of hydrogen-bond donors (Lipinski definition) is 1. The van der Waals surface area contributed by atoms with Gasteiger partial charge in [0.2, 0.25) is 0 Å². The number of nitrogens with zero attached hydrogens (tertiary/aromatic N) is 2. The third-order valence-electron chi connectivity index (χ3n) is 3.20. The maximum atomic E-state index is 12.1. The van der Waals surface area contributed by atoms with Crippen molar-refractivity contribution in [3.63, 3.8) is 0 Å². The Morgan fingerprint density at radius 3 is 2.78 bits per heavy atom. The molecule has 0 fully saturated rings. The molecule has 94 valence electrons. The van der Waals surface area contributed by atoms with Crippen LogP contribution in [0.15, 0.2) is 30.6 Å². The highest BCUT2D eigenvalue weighted by molar-refractivity contribution is 5.95. The average Bonchev–Trinajstić information content (AvgIpc) is 2.65. The van der Waals surface area contributed by atoms with Gasteiger partial charge >= 0.3 is 0 Å². The number of carbonyl (C=O) groups is 1. The van der Waals surface area contributed by atoms with Gasteiger partial charge in [-0.3, -0.25) is 9.78 Å². The normalized spacial score (nSPS) is 10.4. The van der Waals surface area contributed by atoms with Crippen molar-refractivity contribution in [2.45, 2.75) is 20.4 Å². The Labute approximate surface area is 107 Å². The molecule has 1 amide bonds. The number of aryl methyl sites for hydroxylation is 1. The molecule has 0 saturated heterocycles. The largest absolute Gasteiger partial charge is 0.351 e. The van der Waals surface area contributed by atoms with E-state index in [0.29, 0.717) is 6.54 Å². The number of carbonyl (C=O) groups excluding carboxylic acids is 1. The second-order valence-corrected chi connectivity index (χ2v) is 4.39. The summed E-state index contributed by atoms with van der Waals surface area (Å²) in [5.74, 6) is -0.0416. The zero-order valence-corrected chi connectivity index (χ0v) is 10.9. The smallest absolute Gasteiger partial charge is 0.253 e. The summed E-state index contributed by atoms with van der Waals surface area (Å²) in [6, 6.07) is 5.71. The van der Waals surface area contributed by atoms with Gasteiger partial charge in [0.1, 0.15) is 0 Å². The van der Waals surface area contributed by atoms with Gasteiger partial charge in [0.05, 0.1) is 5.56 Å². The second-order valence-electron chi connectivity index (χ2n) is 4.39. The molecule has 0 unspecified atom stereocenters. The number of amides is 1. The first-order valence-corrected chi connectivity index (χ1v) is 5.89. The molecule has 0 aliphatic heterocycles. The van der Waals surface area contributed by atoms with Gasteiger partial charge in [0, 0.05) is 37.4 Å². The Kier molecular flexibility index (Phi) is 3.46. The number of hydrogen-bond acceptors (Lipinski definition) is 2. The SMILES string of the molecule is Cc1cc(C(=O)NCc2cccnc2)c(C)n1C. The molecule has 0 spiro atoms. The fourth-order valence-corrected chi connectivity index (χ4v) is 1.87. The topological polar surface area (TPSA) is 46.9 Å². The van der Waals surface area contributed by atoms with Crippen LogP contribution in [0.1, 0.15) is 27.3 Å². The van der Waals surface area contributed by atoms with Crippen molar-refractivity contribution in [1.82, 2.24) is 14.9 Å². The number of rotatable bonds is 3. The predicted molar refractivity (Wildman–Crippen MR) is 70.3 cm³/mol. The molecule has 0 atom stereocenters. The van der Waals surface area contributed by atoms with E-state index >= 15 is 0 Å². The summed E-state index contributed by atoms with van der Waals surface area (Å²) < 4.78 is 2.01. The van der Waals surface area contributed by atoms with Gasteiger partial charge in [-0.2, -0.15) is 0 Å². The van der Waals surface area contributed by atoms with Gasteiger partial charge in [0.25, 0.3) is 5.91 Å². The van der Waals surface area contributed by atoms with E-state index in [9.17, 15) is 4.79 Å². The predicted octanol–water partition coefficient (Wildman–Crippen LogP) is 1.97. The van der Waals surface area contributed by atoms with Crippen LogP contribution in [0.3, 0.4) is 0 Å². The molecule has 0 aromatic carbocycles. The lowest BCUT2D eigenvalue weighted by atomic mass is 10.2. The van der Waals surface area contributed by atoms with E-state index in [0.717, 1.165) is 22.5 Å². The maximum absolute atomic E-state index is 12.1. The Bertz CT molecular complexity index is 558. The van der Waals surface area contributed by atoms with Crippen molar-refractivity contribution < 1.29 is 4.79 Å². The molecule has 0 bridgehead atoms. The fourth-order valence-electron chi connectivity index (χ4n) is 1.87. The van der Waals surface area contributed by atoms with E-state index in [1.807, 2.05) is 43.7 Å². The van der Waals surface area contributed by atoms with Crippen LogP contribution in [0, 0.1) is 13.8 Å². The standard InChI is InChI=1S/C14H17N3O/c1-10-7-13(11(2)17(10)3)14(18)16-9-12-5-4-6-15-8-12/h4-8H,9H2,1-3H3,(H,16,18). The molecule has 4 nitrogen and oxygen atoms in total. The molecule has 2 rings (SSSR count). The lowest BCUT2D eigenvalue weighted by molar-refractivity contribution is 0.0950. The van der Waals surface area contributed by atoms with Crippen molar-refractivity contribution in [3.8, 4) is 0 Å². The van der Waals surface area contributed by atoms with Crippen molar-refractivity contribution >= 4 is 5.91 Å². The molecular weight excluding hydrogens is 226 g/mol. The highest BCUT2D eigenvalue weighted by Crippen LogP contribution is 2.13. The lowest BCUT2D eigenvalue weighted by Crippen LogP contribution is -2.23. The quantitative estimate of drug-likeness (QED) is 0.895. The van der Waals surface area contributed by atoms with Gasteiger partial charge in [-0.1, -0.05) is 6.07 Å². The van der Waals surface area contributed by atoms with E-state index in [2.05, 4.69) is 10.3 Å². The van der Waals surface area contributed by atoms with Crippen molar-refractivity contribution in [2.75, 3.05) is 0 Å². The summed E-state index contributed by atoms with van der Waals surface area (Å²) in [6.07, 6.45) is 3.47. The zero-order chi connectivity index (χ0) is 13.1. The third-order valence-corrected chi connectivity index (χ3v) is 3.20. The van der Waals surface area contributed by atoms with Gasteiger partial charge < -0.3 is 9.88 Å². The monoisotopic (exact) mass is 243 g/mol. The summed E-state index contributed by atoms with van der Waals surface area (Å²) in [6.45, 7) is 4.44. The average molecular weight is 243 g/mol. The van der Waals surface area contributed by atoms with Crippen LogP contribution in [0.2, 0.25) is 0 Å². The van der Waals surface area contributed by atoms with Crippen LogP contribution in [-0.2, 0) is 13.6 Å². The molecule has 0 aliphatic rings. The number of nitrogens with one attached hydrogen (secondary N) is 1. The first-order chi connectivity index (χ1) is 8.59. The minimum absolute atomic E-state index is 0.0416. The van der Waals surface area contributed by atoms with E-state index in [-0.39, 0.29) is 5.91 Å². The van der Waals surface area contributed by atoms with Crippen LogP contribution < -0.4 is 5.32 Å². The summed E-state index contributed by atoms with van der Waals surface area (Å²) in [5.41, 5.74) is 3.80. The maximum Gasteiger partial charge on any atom is 0.253 e. The highest BCUT2D eigenvalue weighted by Gasteiger charge is 2.13. The zero-order valence-electron chi connectivity index (χ0n) is 10.9. The van der Waals surface area contributed by atoms with Crippen LogP contribution in [-0.4, -0.2) is 15.5 Å². The number of aromatic nitrogens is 2. The lowest BCUT2D eigenvalue weighted by Gasteiger charge is -2.05. The molecule has 0 radical (unpaired) electrons. The Morgan fingerprint density at radius 2 is 2.22 bits per heavy atom. The van der Waals surface area contributed by atoms with E-state index in [4.69, 9.17) is 0 Å². The van der Waals surface area contributed by atoms with Crippen molar-refractivity contribution in [3.05, 3.63) is 53.1 Å². The minimum Gasteiger partial charge on any atom is -0.351 e. The van der Waals surface area contributed by atoms with Crippen LogP contribution in [0.5, 0.6) is 0 Å². The van der Waals surface area contributed by atoms with Crippen molar-refractivity contribution in [1.29, 1.82) is 0 Å². The fraction of sp³-hybridized carbons (Fsp3) is 0.286. The van der Waals surface area contributed by atoms with Gasteiger partial charge in [-0.05, 0) is 31.5 Å². The third kappa shape index (κ3) is 2.42. The van der Waals surface area contributed by atoms with E-state index in [1.165, 1.54) is 0 Å². The second kappa shape index (κ2) is 5.04. The molecule has 2 heterocycles. The molecular formula is C14H17N3O. The first-order valence-electron chi connectivity index (χ1n) is 5.89. The Balaban J connectivity index is 2.06. The van der Waals surface area contributed by atoms with E-state index < -0.39 is 0 Å². The Morgan fingerprint density at radius 1 is 1.44 bits per heavy atom. The summed E-state index contributed by atoms with van der Waals surface area (Å²) in [7, 11) is 1.96. The first kappa shape index (κ1) is 12.4. The highest BCUT2D eigenvalue weighted by atomic mass is 16.1. The summed E-state index contributed by atoms with van der Waals surface area (Å²) in [5, 5.41) is 2.90. The molecule has 4 heteroatoms. The van der Waals surface area contributed by atoms with Crippen LogP contribution >= 0.6 is 0 Å². The molecule has 2 aromatic heterocycles. The minimum atomic E-state index is -0.0416. The van der Waals surface area contributed by atoms with E-state index in [1.54, 1.807) is 12.4 Å². The summed E-state index contributed by atoms with van der Waals surface area (Å²) >= 11 is 0. The molecule has 1 N–H and O–H groups in total. The van der Waals surface area contributed by atoms with Gasteiger partial charge in [-0.25, -0.2) is 0 Å². The van der Waals surface area contributed by atoms with Crippen molar-refractivity contribution in [2.24, 2.45) is 7.05 Å². The Hall–Kier alpha value is -2.10. The van der Waals surface area contributed by atoms with Gasteiger partial charge in [0.15, 0.2) is 0 Å².